The van der Waals surface area contributed by atoms with Gasteiger partial charge in [0.1, 0.15) is 11.8 Å². The van der Waals surface area contributed by atoms with Crippen LogP contribution in [-0.4, -0.2) is 7.11 Å². The molecular formula is C16H16N2O. The van der Waals surface area contributed by atoms with Gasteiger partial charge in [0.05, 0.1) is 18.4 Å². The average Bonchev–Trinajstić information content (AvgIpc) is 2.48. The molecule has 96 valence electrons. The zero-order chi connectivity index (χ0) is 13.7. The van der Waals surface area contributed by atoms with Gasteiger partial charge in [0.25, 0.3) is 0 Å². The molecule has 2 aromatic carbocycles. The summed E-state index contributed by atoms with van der Waals surface area (Å²) in [6.45, 7) is 2.12. The molecule has 0 unspecified atom stereocenters. The first-order valence-corrected chi connectivity index (χ1v) is 6.21. The summed E-state index contributed by atoms with van der Waals surface area (Å²) in [5, 5.41) is 12.4. The number of rotatable bonds is 4. The number of nitrogens with one attached hydrogen (secondary N) is 1. The molecule has 0 aromatic heterocycles. The molecule has 0 aliphatic rings. The fourth-order valence-electron chi connectivity index (χ4n) is 1.83. The number of ether oxygens (including phenoxy) is 1. The van der Waals surface area contributed by atoms with Crippen molar-refractivity contribution in [2.75, 3.05) is 12.4 Å². The Hall–Kier alpha value is -2.47. The molecule has 1 N–H and O–H groups in total. The quantitative estimate of drug-likeness (QED) is 0.898. The number of methoxy groups -OCH3 is 1. The topological polar surface area (TPSA) is 45.0 Å². The summed E-state index contributed by atoms with van der Waals surface area (Å²) in [6.07, 6.45) is 1.02. The monoisotopic (exact) mass is 252 g/mol. The SMILES string of the molecule is CCc1ccc(Nc2cc(OC)ccc2C#N)cc1. The van der Waals surface area contributed by atoms with Gasteiger partial charge in [-0.2, -0.15) is 5.26 Å². The highest BCUT2D eigenvalue weighted by Crippen LogP contribution is 2.25. The van der Waals surface area contributed by atoms with Crippen LogP contribution in [0.3, 0.4) is 0 Å². The number of hydrogen-bond donors (Lipinski definition) is 1. The van der Waals surface area contributed by atoms with Crippen molar-refractivity contribution in [3.63, 3.8) is 0 Å². The molecule has 3 heteroatoms. The molecule has 0 aliphatic heterocycles. The Kier molecular flexibility index (Phi) is 4.04. The highest BCUT2D eigenvalue weighted by atomic mass is 16.5. The predicted molar refractivity (Wildman–Crippen MR) is 76.8 cm³/mol. The van der Waals surface area contributed by atoms with E-state index in [2.05, 4.69) is 30.4 Å². The lowest BCUT2D eigenvalue weighted by atomic mass is 10.1. The van der Waals surface area contributed by atoms with Gasteiger partial charge in [0.2, 0.25) is 0 Å². The van der Waals surface area contributed by atoms with Gasteiger partial charge in [-0.25, -0.2) is 0 Å². The number of hydrogen-bond acceptors (Lipinski definition) is 3. The summed E-state index contributed by atoms with van der Waals surface area (Å²) in [5.74, 6) is 0.728. The first kappa shape index (κ1) is 13.0. The third-order valence-electron chi connectivity index (χ3n) is 2.99. The van der Waals surface area contributed by atoms with E-state index in [0.29, 0.717) is 5.56 Å². The fraction of sp³-hybridized carbons (Fsp3) is 0.188. The lowest BCUT2D eigenvalue weighted by Crippen LogP contribution is -1.95. The van der Waals surface area contributed by atoms with Gasteiger partial charge in [-0.15, -0.1) is 0 Å². The lowest BCUT2D eigenvalue weighted by molar-refractivity contribution is 0.415. The minimum Gasteiger partial charge on any atom is -0.497 e. The third kappa shape index (κ3) is 3.05. The molecular weight excluding hydrogens is 236 g/mol. The van der Waals surface area contributed by atoms with Gasteiger partial charge < -0.3 is 10.1 Å². The van der Waals surface area contributed by atoms with Crippen LogP contribution in [0.25, 0.3) is 0 Å². The van der Waals surface area contributed by atoms with E-state index in [1.165, 1.54) is 5.56 Å². The van der Waals surface area contributed by atoms with Crippen LogP contribution in [0.2, 0.25) is 0 Å². The molecule has 0 heterocycles. The number of anilines is 2. The van der Waals surface area contributed by atoms with E-state index in [9.17, 15) is 0 Å². The molecule has 19 heavy (non-hydrogen) atoms. The van der Waals surface area contributed by atoms with E-state index in [1.807, 2.05) is 18.2 Å². The Bertz CT molecular complexity index is 597. The first-order valence-electron chi connectivity index (χ1n) is 6.21. The highest BCUT2D eigenvalue weighted by molar-refractivity contribution is 5.68. The van der Waals surface area contributed by atoms with Crippen molar-refractivity contribution < 1.29 is 4.74 Å². The third-order valence-corrected chi connectivity index (χ3v) is 2.99. The zero-order valence-electron chi connectivity index (χ0n) is 11.1. The second-order valence-electron chi connectivity index (χ2n) is 4.20. The second-order valence-corrected chi connectivity index (χ2v) is 4.20. The van der Waals surface area contributed by atoms with Crippen molar-refractivity contribution in [3.8, 4) is 11.8 Å². The van der Waals surface area contributed by atoms with Crippen LogP contribution in [0.1, 0.15) is 18.1 Å². The van der Waals surface area contributed by atoms with Gasteiger partial charge in [-0.1, -0.05) is 19.1 Å². The minimum absolute atomic E-state index is 0.598. The molecule has 0 bridgehead atoms. The molecule has 0 saturated carbocycles. The van der Waals surface area contributed by atoms with Gasteiger partial charge in [-0.05, 0) is 36.2 Å². The van der Waals surface area contributed by atoms with Gasteiger partial charge in [0, 0.05) is 11.8 Å². The molecule has 0 spiro atoms. The van der Waals surface area contributed by atoms with Crippen molar-refractivity contribution in [2.45, 2.75) is 13.3 Å². The van der Waals surface area contributed by atoms with Crippen molar-refractivity contribution >= 4 is 11.4 Å². The Morgan fingerprint density at radius 1 is 1.16 bits per heavy atom. The Balaban J connectivity index is 2.28. The second kappa shape index (κ2) is 5.92. The fourth-order valence-corrected chi connectivity index (χ4v) is 1.83. The van der Waals surface area contributed by atoms with E-state index in [1.54, 1.807) is 19.2 Å². The van der Waals surface area contributed by atoms with Crippen LogP contribution < -0.4 is 10.1 Å². The molecule has 0 saturated heterocycles. The molecule has 0 fully saturated rings. The van der Waals surface area contributed by atoms with Crippen LogP contribution in [0, 0.1) is 11.3 Å². The summed E-state index contributed by atoms with van der Waals surface area (Å²) in [5.41, 5.74) is 3.60. The summed E-state index contributed by atoms with van der Waals surface area (Å²) in [6, 6.07) is 15.7. The van der Waals surface area contributed by atoms with E-state index < -0.39 is 0 Å². The zero-order valence-corrected chi connectivity index (χ0v) is 11.1. The van der Waals surface area contributed by atoms with E-state index >= 15 is 0 Å². The van der Waals surface area contributed by atoms with Crippen LogP contribution in [0.15, 0.2) is 42.5 Å². The Labute approximate surface area is 113 Å². The van der Waals surface area contributed by atoms with E-state index in [4.69, 9.17) is 10.00 Å². The van der Waals surface area contributed by atoms with Gasteiger partial charge in [-0.3, -0.25) is 0 Å². The average molecular weight is 252 g/mol. The molecule has 2 rings (SSSR count). The minimum atomic E-state index is 0.598. The largest absolute Gasteiger partial charge is 0.497 e. The number of nitriles is 1. The molecule has 0 radical (unpaired) electrons. The summed E-state index contributed by atoms with van der Waals surface area (Å²) >= 11 is 0. The maximum absolute atomic E-state index is 9.11. The molecule has 2 aromatic rings. The van der Waals surface area contributed by atoms with E-state index in [-0.39, 0.29) is 0 Å². The lowest BCUT2D eigenvalue weighted by Gasteiger charge is -2.10. The van der Waals surface area contributed by atoms with Crippen LogP contribution >= 0.6 is 0 Å². The summed E-state index contributed by atoms with van der Waals surface area (Å²) < 4.78 is 5.18. The standard InChI is InChI=1S/C16H16N2O/c1-3-12-4-7-14(8-5-12)18-16-10-15(19-2)9-6-13(16)11-17/h4-10,18H,3H2,1-2H3. The normalized spacial score (nSPS) is 9.74. The smallest absolute Gasteiger partial charge is 0.121 e. The van der Waals surface area contributed by atoms with Crippen LogP contribution in [0.4, 0.5) is 11.4 Å². The van der Waals surface area contributed by atoms with E-state index in [0.717, 1.165) is 23.5 Å². The molecule has 0 amide bonds. The predicted octanol–water partition coefficient (Wildman–Crippen LogP) is 3.87. The van der Waals surface area contributed by atoms with Gasteiger partial charge in [0.15, 0.2) is 0 Å². The number of benzene rings is 2. The highest BCUT2D eigenvalue weighted by Gasteiger charge is 2.04. The van der Waals surface area contributed by atoms with Crippen LogP contribution in [0.5, 0.6) is 5.75 Å². The van der Waals surface area contributed by atoms with Crippen molar-refractivity contribution in [1.29, 1.82) is 5.26 Å². The number of nitrogens with zero attached hydrogens (tertiary/aromatic N) is 1. The molecule has 0 aliphatic carbocycles. The first-order chi connectivity index (χ1) is 9.26. The maximum Gasteiger partial charge on any atom is 0.121 e. The summed E-state index contributed by atoms with van der Waals surface area (Å²) in [4.78, 5) is 0. The van der Waals surface area contributed by atoms with Crippen molar-refractivity contribution in [2.24, 2.45) is 0 Å². The molecule has 0 atom stereocenters. The summed E-state index contributed by atoms with van der Waals surface area (Å²) in [7, 11) is 1.61. The van der Waals surface area contributed by atoms with Crippen molar-refractivity contribution in [3.05, 3.63) is 53.6 Å². The molecule has 3 nitrogen and oxygen atoms in total. The Morgan fingerprint density at radius 3 is 2.47 bits per heavy atom. The number of aryl methyl sites for hydroxylation is 1. The van der Waals surface area contributed by atoms with Gasteiger partial charge >= 0.3 is 0 Å². The maximum atomic E-state index is 9.11. The van der Waals surface area contributed by atoms with Crippen LogP contribution in [-0.2, 0) is 6.42 Å². The Morgan fingerprint density at radius 2 is 1.89 bits per heavy atom. The van der Waals surface area contributed by atoms with Crippen molar-refractivity contribution in [1.82, 2.24) is 0 Å².